The zero-order chi connectivity index (χ0) is 16.8. The van der Waals surface area contributed by atoms with Crippen LogP contribution in [0.4, 0.5) is 0 Å². The Kier molecular flexibility index (Phi) is 5.74. The summed E-state index contributed by atoms with van der Waals surface area (Å²) in [6.07, 6.45) is 3.21. The Morgan fingerprint density at radius 3 is 2.65 bits per heavy atom. The summed E-state index contributed by atoms with van der Waals surface area (Å²) < 4.78 is 7.32. The molecular weight excluding hydrogens is 292 g/mol. The summed E-state index contributed by atoms with van der Waals surface area (Å²) in [7, 11) is 3.85. The zero-order valence-corrected chi connectivity index (χ0v) is 13.7. The van der Waals surface area contributed by atoms with Crippen molar-refractivity contribution in [3.8, 4) is 11.8 Å². The molecule has 1 N–H and O–H groups in total. The third-order valence-electron chi connectivity index (χ3n) is 3.79. The highest BCUT2D eigenvalue weighted by molar-refractivity contribution is 5.34. The molecule has 0 aliphatic heterocycles. The standard InChI is InChI=1S/C17H22N4O2/c1-13(15-9-19-21(3)10-15)20(2)11-16(22)12-23-17-6-4-14(8-18)5-7-17/h4-7,9-10,13,16,22H,11-12H2,1-3H3. The number of likely N-dealkylation sites (N-methyl/N-ethyl adjacent to an activating group) is 1. The predicted octanol–water partition coefficient (Wildman–Crippen LogP) is 1.72. The summed E-state index contributed by atoms with van der Waals surface area (Å²) in [5.41, 5.74) is 1.69. The van der Waals surface area contributed by atoms with Crippen molar-refractivity contribution in [1.29, 1.82) is 5.26 Å². The number of rotatable bonds is 7. The molecule has 6 heteroatoms. The third kappa shape index (κ3) is 4.81. The largest absolute Gasteiger partial charge is 0.491 e. The van der Waals surface area contributed by atoms with Gasteiger partial charge in [0.2, 0.25) is 0 Å². The molecule has 2 unspecified atom stereocenters. The monoisotopic (exact) mass is 314 g/mol. The van der Waals surface area contributed by atoms with E-state index in [-0.39, 0.29) is 12.6 Å². The van der Waals surface area contributed by atoms with Gasteiger partial charge in [0.15, 0.2) is 0 Å². The predicted molar refractivity (Wildman–Crippen MR) is 86.9 cm³/mol. The lowest BCUT2D eigenvalue weighted by Crippen LogP contribution is -2.34. The fourth-order valence-electron chi connectivity index (χ4n) is 2.27. The second kappa shape index (κ2) is 7.77. The van der Waals surface area contributed by atoms with Gasteiger partial charge in [0.05, 0.1) is 17.8 Å². The number of ether oxygens (including phenoxy) is 1. The van der Waals surface area contributed by atoms with Crippen LogP contribution >= 0.6 is 0 Å². The van der Waals surface area contributed by atoms with E-state index in [0.717, 1.165) is 5.56 Å². The molecule has 0 spiro atoms. The quantitative estimate of drug-likeness (QED) is 0.842. The topological polar surface area (TPSA) is 74.3 Å². The first kappa shape index (κ1) is 17.0. The molecule has 0 aliphatic carbocycles. The van der Waals surface area contributed by atoms with E-state index in [1.807, 2.05) is 26.5 Å². The van der Waals surface area contributed by atoms with Crippen molar-refractivity contribution in [3.05, 3.63) is 47.8 Å². The SMILES string of the molecule is CC(c1cnn(C)c1)N(C)CC(O)COc1ccc(C#N)cc1. The van der Waals surface area contributed by atoms with E-state index >= 15 is 0 Å². The Balaban J connectivity index is 1.81. The number of hydrogen-bond donors (Lipinski definition) is 1. The van der Waals surface area contributed by atoms with Crippen LogP contribution in [0.3, 0.4) is 0 Å². The Labute approximate surface area is 136 Å². The minimum absolute atomic E-state index is 0.160. The van der Waals surface area contributed by atoms with E-state index in [1.54, 1.807) is 28.9 Å². The first-order valence-electron chi connectivity index (χ1n) is 7.49. The minimum atomic E-state index is -0.602. The normalized spacial score (nSPS) is 13.6. The third-order valence-corrected chi connectivity index (χ3v) is 3.79. The number of nitriles is 1. The molecule has 0 saturated heterocycles. The van der Waals surface area contributed by atoms with Crippen molar-refractivity contribution >= 4 is 0 Å². The summed E-state index contributed by atoms with van der Waals surface area (Å²) in [4.78, 5) is 2.06. The highest BCUT2D eigenvalue weighted by Gasteiger charge is 2.17. The fraction of sp³-hybridized carbons (Fsp3) is 0.412. The first-order valence-corrected chi connectivity index (χ1v) is 7.49. The average Bonchev–Trinajstić information content (AvgIpc) is 2.99. The van der Waals surface area contributed by atoms with E-state index in [0.29, 0.717) is 17.9 Å². The van der Waals surface area contributed by atoms with Crippen LogP contribution < -0.4 is 4.74 Å². The molecule has 0 amide bonds. The van der Waals surface area contributed by atoms with Gasteiger partial charge in [-0.1, -0.05) is 0 Å². The van der Waals surface area contributed by atoms with E-state index in [4.69, 9.17) is 10.00 Å². The molecule has 2 aromatic rings. The van der Waals surface area contributed by atoms with Gasteiger partial charge >= 0.3 is 0 Å². The molecule has 6 nitrogen and oxygen atoms in total. The Morgan fingerprint density at radius 2 is 2.09 bits per heavy atom. The number of aliphatic hydroxyl groups excluding tert-OH is 1. The van der Waals surface area contributed by atoms with Crippen LogP contribution in [0, 0.1) is 11.3 Å². The maximum Gasteiger partial charge on any atom is 0.119 e. The molecule has 0 aliphatic rings. The van der Waals surface area contributed by atoms with Gasteiger partial charge in [0.25, 0.3) is 0 Å². The van der Waals surface area contributed by atoms with Gasteiger partial charge in [-0.05, 0) is 38.2 Å². The van der Waals surface area contributed by atoms with Crippen LogP contribution in [0.5, 0.6) is 5.75 Å². The molecule has 0 radical (unpaired) electrons. The van der Waals surface area contributed by atoms with Gasteiger partial charge in [-0.25, -0.2) is 0 Å². The minimum Gasteiger partial charge on any atom is -0.491 e. The second-order valence-corrected chi connectivity index (χ2v) is 5.66. The first-order chi connectivity index (χ1) is 11.0. The lowest BCUT2D eigenvalue weighted by molar-refractivity contribution is 0.0654. The molecule has 23 heavy (non-hydrogen) atoms. The summed E-state index contributed by atoms with van der Waals surface area (Å²) >= 11 is 0. The summed E-state index contributed by atoms with van der Waals surface area (Å²) in [5.74, 6) is 0.644. The number of hydrogen-bond acceptors (Lipinski definition) is 5. The molecular formula is C17H22N4O2. The number of aliphatic hydroxyl groups is 1. The van der Waals surface area contributed by atoms with Gasteiger partial charge in [-0.15, -0.1) is 0 Å². The van der Waals surface area contributed by atoms with Gasteiger partial charge in [0.1, 0.15) is 18.5 Å². The fourth-order valence-corrected chi connectivity index (χ4v) is 2.27. The molecule has 122 valence electrons. The lowest BCUT2D eigenvalue weighted by Gasteiger charge is -2.26. The number of benzene rings is 1. The molecule has 2 atom stereocenters. The second-order valence-electron chi connectivity index (χ2n) is 5.66. The smallest absolute Gasteiger partial charge is 0.119 e. The summed E-state index contributed by atoms with van der Waals surface area (Å²) in [5, 5.41) is 23.1. The van der Waals surface area contributed by atoms with Crippen molar-refractivity contribution in [1.82, 2.24) is 14.7 Å². The molecule has 0 saturated carbocycles. The molecule has 0 bridgehead atoms. The average molecular weight is 314 g/mol. The van der Waals surface area contributed by atoms with E-state index in [1.165, 1.54) is 0 Å². The van der Waals surface area contributed by atoms with Crippen LogP contribution in [0.25, 0.3) is 0 Å². The zero-order valence-electron chi connectivity index (χ0n) is 13.7. The lowest BCUT2D eigenvalue weighted by atomic mass is 10.1. The molecule has 1 aromatic carbocycles. The Morgan fingerprint density at radius 1 is 1.39 bits per heavy atom. The maximum absolute atomic E-state index is 10.1. The van der Waals surface area contributed by atoms with E-state index in [2.05, 4.69) is 23.0 Å². The van der Waals surface area contributed by atoms with Crippen LogP contribution in [-0.2, 0) is 7.05 Å². The summed E-state index contributed by atoms with van der Waals surface area (Å²) in [6.45, 7) is 2.77. The van der Waals surface area contributed by atoms with Crippen molar-refractivity contribution in [2.24, 2.45) is 7.05 Å². The van der Waals surface area contributed by atoms with E-state index < -0.39 is 6.10 Å². The molecule has 2 rings (SSSR count). The Bertz CT molecular complexity index is 660. The van der Waals surface area contributed by atoms with Crippen molar-refractivity contribution in [2.75, 3.05) is 20.2 Å². The van der Waals surface area contributed by atoms with Gasteiger partial charge in [-0.2, -0.15) is 10.4 Å². The Hall–Kier alpha value is -2.36. The van der Waals surface area contributed by atoms with Gasteiger partial charge in [0, 0.05) is 31.4 Å². The molecule has 0 fully saturated rings. The van der Waals surface area contributed by atoms with Crippen LogP contribution in [0.2, 0.25) is 0 Å². The van der Waals surface area contributed by atoms with Gasteiger partial charge < -0.3 is 9.84 Å². The molecule has 1 heterocycles. The number of aryl methyl sites for hydroxylation is 1. The van der Waals surface area contributed by atoms with Crippen LogP contribution in [-0.4, -0.2) is 46.1 Å². The highest BCUT2D eigenvalue weighted by Crippen LogP contribution is 2.18. The maximum atomic E-state index is 10.1. The highest BCUT2D eigenvalue weighted by atomic mass is 16.5. The number of nitrogens with zero attached hydrogens (tertiary/aromatic N) is 4. The summed E-state index contributed by atoms with van der Waals surface area (Å²) in [6, 6.07) is 9.06. The van der Waals surface area contributed by atoms with Crippen molar-refractivity contribution in [2.45, 2.75) is 19.1 Å². The van der Waals surface area contributed by atoms with Crippen molar-refractivity contribution < 1.29 is 9.84 Å². The number of aromatic nitrogens is 2. The molecule has 1 aromatic heterocycles. The van der Waals surface area contributed by atoms with Gasteiger partial charge in [-0.3, -0.25) is 9.58 Å². The van der Waals surface area contributed by atoms with Crippen LogP contribution in [0.1, 0.15) is 24.1 Å². The van der Waals surface area contributed by atoms with E-state index in [9.17, 15) is 5.11 Å². The van der Waals surface area contributed by atoms with Crippen LogP contribution in [0.15, 0.2) is 36.7 Å². The van der Waals surface area contributed by atoms with Crippen molar-refractivity contribution in [3.63, 3.8) is 0 Å².